The molecule has 0 N–H and O–H groups in total. The Labute approximate surface area is 268 Å². The van der Waals surface area contributed by atoms with Crippen molar-refractivity contribution in [2.24, 2.45) is 0 Å². The molecule has 5 aromatic rings. The van der Waals surface area contributed by atoms with Gasteiger partial charge in [-0.05, 0) is 81.4 Å². The van der Waals surface area contributed by atoms with Gasteiger partial charge in [-0.15, -0.1) is 0 Å². The maximum Gasteiger partial charge on any atom is 0.253 e. The molecule has 45 heavy (non-hydrogen) atoms. The molecule has 0 unspecified atom stereocenters. The Morgan fingerprint density at radius 1 is 0.489 bits per heavy atom. The number of benzene rings is 5. The van der Waals surface area contributed by atoms with E-state index in [1.165, 1.54) is 35.1 Å². The van der Waals surface area contributed by atoms with Gasteiger partial charge in [0.1, 0.15) is 0 Å². The smallest absolute Gasteiger partial charge is 0.253 e. The Balaban J connectivity index is 1.49. The molecule has 0 heterocycles. The lowest BCUT2D eigenvalue weighted by Gasteiger charge is -2.29. The van der Waals surface area contributed by atoms with Gasteiger partial charge in [0, 0.05) is 29.8 Å². The van der Waals surface area contributed by atoms with Crippen molar-refractivity contribution in [1.29, 1.82) is 0 Å². The van der Waals surface area contributed by atoms with Gasteiger partial charge < -0.3 is 4.90 Å². The Morgan fingerprint density at radius 3 is 1.18 bits per heavy atom. The SMILES string of the molecule is CC(=O)c1ccc(C(=O)N(CCP(c2ccccc2)c2ccccc2)CCP(c2ccccc2)c2ccccc2)cc1C(C)=O. The monoisotopic (exact) mass is 629 g/mol. The first kappa shape index (κ1) is 32.2. The first-order valence-corrected chi connectivity index (χ1v) is 18.2. The van der Waals surface area contributed by atoms with Crippen LogP contribution in [0.2, 0.25) is 0 Å². The van der Waals surface area contributed by atoms with Crippen LogP contribution in [-0.2, 0) is 0 Å². The van der Waals surface area contributed by atoms with Crippen LogP contribution in [0.5, 0.6) is 0 Å². The van der Waals surface area contributed by atoms with Crippen LogP contribution in [0.3, 0.4) is 0 Å². The molecule has 0 fully saturated rings. The fourth-order valence-electron chi connectivity index (χ4n) is 5.46. The minimum absolute atomic E-state index is 0.125. The molecule has 6 heteroatoms. The molecular weight excluding hydrogens is 592 g/mol. The standard InChI is InChI=1S/C39H37NO3P2/c1-30(41)37-24-23-32(29-38(37)31(2)42)39(43)40(25-27-44(33-15-7-3-8-16-33)34-17-9-4-10-18-34)26-28-45(35-19-11-5-12-20-35)36-21-13-6-14-22-36/h3-24,29H,25-28H2,1-2H3. The molecule has 0 aliphatic rings. The number of Topliss-reactive ketones (excluding diaryl/α,β-unsaturated/α-hetero) is 2. The van der Waals surface area contributed by atoms with Crippen LogP contribution in [0, 0.1) is 0 Å². The second kappa shape index (κ2) is 15.7. The molecule has 4 nitrogen and oxygen atoms in total. The number of carbonyl (C=O) groups excluding carboxylic acids is 3. The van der Waals surface area contributed by atoms with Crippen LogP contribution in [0.25, 0.3) is 0 Å². The van der Waals surface area contributed by atoms with Crippen LogP contribution in [0.1, 0.15) is 44.9 Å². The highest BCUT2D eigenvalue weighted by atomic mass is 31.1. The van der Waals surface area contributed by atoms with Crippen molar-refractivity contribution in [1.82, 2.24) is 4.90 Å². The largest absolute Gasteiger partial charge is 0.338 e. The van der Waals surface area contributed by atoms with Crippen molar-refractivity contribution in [2.45, 2.75) is 13.8 Å². The zero-order valence-electron chi connectivity index (χ0n) is 25.7. The van der Waals surface area contributed by atoms with Crippen molar-refractivity contribution >= 4 is 54.5 Å². The van der Waals surface area contributed by atoms with Crippen molar-refractivity contribution in [2.75, 3.05) is 25.4 Å². The molecule has 1 amide bonds. The molecule has 0 radical (unpaired) electrons. The van der Waals surface area contributed by atoms with Crippen LogP contribution in [0.4, 0.5) is 0 Å². The van der Waals surface area contributed by atoms with E-state index in [0.29, 0.717) is 29.8 Å². The number of nitrogens with zero attached hydrogens (tertiary/aromatic N) is 1. The fraction of sp³-hybridized carbons (Fsp3) is 0.154. The quantitative estimate of drug-likeness (QED) is 0.106. The first-order valence-electron chi connectivity index (χ1n) is 15.1. The van der Waals surface area contributed by atoms with Crippen LogP contribution in [-0.4, -0.2) is 47.8 Å². The summed E-state index contributed by atoms with van der Waals surface area (Å²) < 4.78 is 0. The van der Waals surface area contributed by atoms with Gasteiger partial charge in [-0.3, -0.25) is 14.4 Å². The minimum Gasteiger partial charge on any atom is -0.338 e. The lowest BCUT2D eigenvalue weighted by atomic mass is 9.98. The third-order valence-corrected chi connectivity index (χ3v) is 12.8. The summed E-state index contributed by atoms with van der Waals surface area (Å²) >= 11 is 0. The normalized spacial score (nSPS) is 11.0. The highest BCUT2D eigenvalue weighted by Gasteiger charge is 2.24. The summed E-state index contributed by atoms with van der Waals surface area (Å²) in [4.78, 5) is 41.0. The zero-order valence-corrected chi connectivity index (χ0v) is 27.5. The van der Waals surface area contributed by atoms with Crippen LogP contribution >= 0.6 is 15.8 Å². The molecule has 0 spiro atoms. The number of rotatable bonds is 13. The van der Waals surface area contributed by atoms with Crippen LogP contribution < -0.4 is 21.2 Å². The summed E-state index contributed by atoms with van der Waals surface area (Å²) in [7, 11) is -1.42. The Kier molecular flexibility index (Phi) is 11.2. The van der Waals surface area contributed by atoms with E-state index >= 15 is 0 Å². The second-order valence-electron chi connectivity index (χ2n) is 10.8. The Hall–Kier alpha value is -4.23. The van der Waals surface area contributed by atoms with Gasteiger partial charge in [-0.2, -0.15) is 0 Å². The number of hydrogen-bond acceptors (Lipinski definition) is 3. The van der Waals surface area contributed by atoms with Gasteiger partial charge in [0.15, 0.2) is 11.6 Å². The number of hydrogen-bond donors (Lipinski definition) is 0. The molecule has 0 aliphatic carbocycles. The molecular formula is C39H37NO3P2. The van der Waals surface area contributed by atoms with Gasteiger partial charge in [0.2, 0.25) is 0 Å². The maximum atomic E-state index is 14.3. The molecule has 5 rings (SSSR count). The second-order valence-corrected chi connectivity index (χ2v) is 15.5. The summed E-state index contributed by atoms with van der Waals surface area (Å²) in [5.74, 6) is -0.543. The maximum absolute atomic E-state index is 14.3. The van der Waals surface area contributed by atoms with Crippen molar-refractivity contribution < 1.29 is 14.4 Å². The third kappa shape index (κ3) is 8.28. The number of ketones is 2. The highest BCUT2D eigenvalue weighted by Crippen LogP contribution is 2.35. The van der Waals surface area contributed by atoms with Crippen molar-refractivity contribution in [3.8, 4) is 0 Å². The molecule has 0 bridgehead atoms. The van der Waals surface area contributed by atoms with Crippen LogP contribution in [0.15, 0.2) is 140 Å². The zero-order chi connectivity index (χ0) is 31.6. The summed E-state index contributed by atoms with van der Waals surface area (Å²) in [6.45, 7) is 4.00. The summed E-state index contributed by atoms with van der Waals surface area (Å²) in [5.41, 5.74) is 1.07. The minimum atomic E-state index is -0.708. The molecule has 0 aliphatic heterocycles. The van der Waals surface area contributed by atoms with E-state index in [0.717, 1.165) is 12.3 Å². The summed E-state index contributed by atoms with van der Waals surface area (Å²) in [6, 6.07) is 47.0. The third-order valence-electron chi connectivity index (χ3n) is 7.77. The predicted octanol–water partition coefficient (Wildman–Crippen LogP) is 6.80. The average Bonchev–Trinajstić information content (AvgIpc) is 3.08. The van der Waals surface area contributed by atoms with Crippen molar-refractivity contribution in [3.05, 3.63) is 156 Å². The Morgan fingerprint density at radius 2 is 0.844 bits per heavy atom. The van der Waals surface area contributed by atoms with Gasteiger partial charge in [0.25, 0.3) is 5.91 Å². The molecule has 0 saturated carbocycles. The molecule has 226 valence electrons. The number of amides is 1. The lowest BCUT2D eigenvalue weighted by molar-refractivity contribution is 0.0775. The number of carbonyl (C=O) groups is 3. The summed E-state index contributed by atoms with van der Waals surface area (Å²) in [6.07, 6.45) is 1.60. The molecule has 0 aromatic heterocycles. The van der Waals surface area contributed by atoms with Gasteiger partial charge in [-0.25, -0.2) is 0 Å². The van der Waals surface area contributed by atoms with E-state index in [4.69, 9.17) is 0 Å². The van der Waals surface area contributed by atoms with E-state index in [9.17, 15) is 14.4 Å². The molecule has 0 saturated heterocycles. The molecule has 0 atom stereocenters. The first-order chi connectivity index (χ1) is 21.9. The van der Waals surface area contributed by atoms with Gasteiger partial charge >= 0.3 is 0 Å². The fourth-order valence-corrected chi connectivity index (χ4v) is 10.1. The predicted molar refractivity (Wildman–Crippen MR) is 190 cm³/mol. The van der Waals surface area contributed by atoms with E-state index in [1.54, 1.807) is 18.2 Å². The van der Waals surface area contributed by atoms with E-state index < -0.39 is 15.8 Å². The highest BCUT2D eigenvalue weighted by molar-refractivity contribution is 7.73. The summed E-state index contributed by atoms with van der Waals surface area (Å²) in [5, 5.41) is 5.08. The topological polar surface area (TPSA) is 54.5 Å². The van der Waals surface area contributed by atoms with E-state index in [1.807, 2.05) is 29.2 Å². The van der Waals surface area contributed by atoms with E-state index in [-0.39, 0.29) is 17.5 Å². The Bertz CT molecular complexity index is 1560. The molecule has 5 aromatic carbocycles. The van der Waals surface area contributed by atoms with E-state index in [2.05, 4.69) is 97.1 Å². The van der Waals surface area contributed by atoms with Gasteiger partial charge in [-0.1, -0.05) is 121 Å². The van der Waals surface area contributed by atoms with Gasteiger partial charge in [0.05, 0.1) is 0 Å². The lowest BCUT2D eigenvalue weighted by Crippen LogP contribution is -2.37. The average molecular weight is 630 g/mol. The van der Waals surface area contributed by atoms with Crippen molar-refractivity contribution in [3.63, 3.8) is 0 Å².